The largest absolute Gasteiger partial charge is 1.00 e. The maximum Gasteiger partial charge on any atom is 1.00 e. The number of aryl methyl sites for hydroxylation is 8. The third-order valence-electron chi connectivity index (χ3n) is 29.1. The van der Waals surface area contributed by atoms with Crippen LogP contribution >= 0.6 is 0 Å². The van der Waals surface area contributed by atoms with Gasteiger partial charge in [0.2, 0.25) is 17.7 Å². The number of hydrogen-bond donors (Lipinski definition) is 7. The molecule has 6 aliphatic heterocycles. The van der Waals surface area contributed by atoms with Crippen molar-refractivity contribution in [2.45, 2.75) is 251 Å². The standard InChI is InChI=1S/C30H43N5O3Si.C24H29N5O2.C24H32N4O2Si.C24H34N4OSi.Al.Li.H/c1-30(2)19-34(18-27(36)33-9-11-37-12-10-33)26-15-23-22-8-6-7-21-17-35(20-38-13-14-39(3,4)5)32-28(21)29(22)31-25(23)16-24(26)30;1-24(2)14-29(13-21(30)28-6-8-31-9-7-28)20-10-17-16-5-3-4-15-12-25-27-22(15)23(16)26-19(17)11-18(20)24;1-24(2)18-12-19-17(11-20(18)26-23(24)29)16-8-6-7-15-13-28(27-21(15)22(16)25-19)14-30-9-10-31(3,4)5;1-24(2)14-25-21-11-18-17-8-6-7-16-13-28(15-29-9-10-30(3,4)5)27-22(16)23(17)26-20(18)12-19(21)24;;;/h15-17,31H,6-14,18-20H2,1-5H3;10-12,26H,3-9,13-14H2,1-2H3,(H,25,27);11-13,25H,6-10,14H2,1-5H3,(H,26,29);11-13,25-26H,6-10,14-15H2,1-5H3;;;/q;;;;;+1;-1. The molecule has 0 bridgehead atoms. The first-order valence-corrected chi connectivity index (χ1v) is 59.6. The van der Waals surface area contributed by atoms with Crippen LogP contribution in [0.2, 0.25) is 77.1 Å². The van der Waals surface area contributed by atoms with Crippen molar-refractivity contribution in [1.82, 2.24) is 69.3 Å². The number of aromatic nitrogens is 12. The van der Waals surface area contributed by atoms with Gasteiger partial charge in [-0.25, -0.2) is 14.0 Å². The molecule has 4 aromatic carbocycles. The fourth-order valence-corrected chi connectivity index (χ4v) is 23.7. The van der Waals surface area contributed by atoms with Crippen molar-refractivity contribution in [3.63, 3.8) is 0 Å². The van der Waals surface area contributed by atoms with Gasteiger partial charge in [0.1, 0.15) is 37.3 Å². The Kier molecular flexibility index (Phi) is 27.2. The molecule has 7 N–H and O–H groups in total. The van der Waals surface area contributed by atoms with E-state index in [9.17, 15) is 14.4 Å². The minimum Gasteiger partial charge on any atom is -1.00 e. The van der Waals surface area contributed by atoms with Crippen LogP contribution in [-0.4, -0.2) is 234 Å². The Morgan fingerprint density at radius 3 is 1.21 bits per heavy atom. The van der Waals surface area contributed by atoms with Gasteiger partial charge in [0.05, 0.1) is 79.6 Å². The normalized spacial score (nSPS) is 18.0. The number of fused-ring (bicyclic) bond motifs is 24. The van der Waals surface area contributed by atoms with Gasteiger partial charge in [-0.2, -0.15) is 20.4 Å². The van der Waals surface area contributed by atoms with Crippen LogP contribution in [0.1, 0.15) is 149 Å². The molecule has 3 radical (unpaired) electrons. The molecule has 0 saturated carbocycles. The summed E-state index contributed by atoms with van der Waals surface area (Å²) in [6.45, 7) is 51.9. The molecule has 14 heterocycles. The van der Waals surface area contributed by atoms with Crippen molar-refractivity contribution in [2.24, 2.45) is 0 Å². The van der Waals surface area contributed by atoms with Crippen molar-refractivity contribution in [2.75, 3.05) is 126 Å². The third-order valence-corrected chi connectivity index (χ3v) is 34.2. The molecule has 22 rings (SSSR count). The smallest absolute Gasteiger partial charge is 1.00 e. The fraction of sp³-hybridized carbons (Fsp3) is 0.539. The van der Waals surface area contributed by atoms with Crippen LogP contribution in [0.4, 0.5) is 22.7 Å². The van der Waals surface area contributed by atoms with Crippen molar-refractivity contribution in [3.8, 4) is 45.6 Å². The van der Waals surface area contributed by atoms with Gasteiger partial charge in [0.25, 0.3) is 0 Å². The number of nitrogens with one attached hydrogen (secondary N) is 7. The molecule has 2 fully saturated rings. The number of rotatable bonds is 19. The molecule has 31 heteroatoms. The summed E-state index contributed by atoms with van der Waals surface area (Å²) in [4.78, 5) is 61.8. The Bertz CT molecular complexity index is 6370. The summed E-state index contributed by atoms with van der Waals surface area (Å²) in [6.07, 6.45) is 21.3. The van der Waals surface area contributed by atoms with Crippen LogP contribution in [0.3, 0.4) is 0 Å². The van der Waals surface area contributed by atoms with Gasteiger partial charge in [-0.3, -0.25) is 19.5 Å². The summed E-state index contributed by atoms with van der Waals surface area (Å²) in [5.74, 6) is 0.454. The Morgan fingerprint density at radius 2 is 0.805 bits per heavy atom. The number of carbonyl (C=O) groups is 3. The second-order valence-electron chi connectivity index (χ2n) is 44.8. The van der Waals surface area contributed by atoms with Crippen LogP contribution in [0.15, 0.2) is 73.3 Å². The minimum atomic E-state index is -1.11. The predicted octanol–water partition coefficient (Wildman–Crippen LogP) is 15.1. The van der Waals surface area contributed by atoms with Gasteiger partial charge in [-0.15, -0.1) is 0 Å². The maximum atomic E-state index is 13.2. The van der Waals surface area contributed by atoms with E-state index in [1.165, 1.54) is 134 Å². The molecule has 0 atom stereocenters. The molecule has 26 nitrogen and oxygen atoms in total. The number of nitrogens with zero attached hydrogens (tertiary/aromatic N) is 11. The van der Waals surface area contributed by atoms with Gasteiger partial charge < -0.3 is 75.3 Å². The topological polar surface area (TPSA) is 280 Å². The first-order chi connectivity index (χ1) is 62.4. The SMILES string of the molecule is CC1(C)C(=O)Nc2cc3c4c([nH]c3cc21)-c1nn(COCC[Si](C)(C)C)cc1CCC4.CC1(C)CN(CC(=O)N2CCOCC2)c2cc3c4c([nH]c3cc21)-c1[nH]ncc1CCC4.CC1(C)CN(CC(=O)N2CCOCC2)c2cc3c4c([nH]c3cc21)-c1nn(COCC[Si](C)(C)C)cc1CCC4.CC1(C)CNc2cc3c4c([nH]c3cc21)-c1nn(COCC[Si](C)(C)C)cc1CCC4.[Al].[H-].[Li+]. The zero-order valence-corrected chi connectivity index (χ0v) is 86.4. The molecule has 0 unspecified atom stereocenters. The number of ether oxygens (including phenoxy) is 5. The minimum absolute atomic E-state index is 0. The molecule has 701 valence electrons. The first-order valence-electron chi connectivity index (χ1n) is 48.4. The van der Waals surface area contributed by atoms with Gasteiger partial charge >= 0.3 is 18.9 Å². The number of amides is 3. The molecule has 0 spiro atoms. The molecule has 4 aliphatic carbocycles. The van der Waals surface area contributed by atoms with Gasteiger partial charge in [-0.1, -0.05) is 100 Å². The summed E-state index contributed by atoms with van der Waals surface area (Å²) in [5, 5.41) is 34.1. The molecule has 3 amide bonds. The summed E-state index contributed by atoms with van der Waals surface area (Å²) >= 11 is 0. The number of anilines is 4. The molecular weight excluding hydrogens is 1720 g/mol. The molecule has 8 aromatic heterocycles. The molecule has 2 saturated heterocycles. The second kappa shape index (κ2) is 37.6. The average Bonchev–Trinajstić information content (AvgIpc) is 1.57. The number of hydrogen-bond acceptors (Lipinski definition) is 15. The number of carbonyl (C=O) groups excluding carboxylic acids is 3. The van der Waals surface area contributed by atoms with Crippen molar-refractivity contribution >= 4 is 126 Å². The van der Waals surface area contributed by atoms with Crippen molar-refractivity contribution < 1.29 is 58.4 Å². The predicted molar refractivity (Wildman–Crippen MR) is 540 cm³/mol. The summed E-state index contributed by atoms with van der Waals surface area (Å²) in [7, 11) is -3.26. The maximum absolute atomic E-state index is 13.2. The van der Waals surface area contributed by atoms with E-state index >= 15 is 0 Å². The van der Waals surface area contributed by atoms with Gasteiger partial charge in [-0.05, 0) is 224 Å². The zero-order chi connectivity index (χ0) is 91.6. The Labute approximate surface area is 810 Å². The molecule has 133 heavy (non-hydrogen) atoms. The van der Waals surface area contributed by atoms with E-state index in [2.05, 4.69) is 218 Å². The monoisotopic (exact) mass is 1860 g/mol. The van der Waals surface area contributed by atoms with E-state index in [0.717, 1.165) is 180 Å². The van der Waals surface area contributed by atoms with E-state index in [-0.39, 0.29) is 71.6 Å². The van der Waals surface area contributed by atoms with E-state index < -0.39 is 29.6 Å². The van der Waals surface area contributed by atoms with E-state index in [1.807, 2.05) is 43.9 Å². The number of benzene rings is 4. The number of morpholine rings is 2. The molecule has 12 aromatic rings. The van der Waals surface area contributed by atoms with E-state index in [0.29, 0.717) is 85.9 Å². The van der Waals surface area contributed by atoms with E-state index in [4.69, 9.17) is 39.0 Å². The van der Waals surface area contributed by atoms with E-state index in [1.54, 1.807) is 0 Å². The van der Waals surface area contributed by atoms with Crippen LogP contribution < -0.4 is 39.3 Å². The Hall–Kier alpha value is -8.73. The Balaban J connectivity index is 0.000000130. The van der Waals surface area contributed by atoms with Gasteiger partial charge in [0, 0.05) is 208 Å². The number of aromatic amines is 5. The van der Waals surface area contributed by atoms with Gasteiger partial charge in [0.15, 0.2) is 0 Å². The molecular formula is C102H139AlLiN18O8Si3. The van der Waals surface area contributed by atoms with Crippen molar-refractivity contribution in [3.05, 3.63) is 140 Å². The van der Waals surface area contributed by atoms with Crippen molar-refractivity contribution in [1.29, 1.82) is 0 Å². The fourth-order valence-electron chi connectivity index (χ4n) is 21.4. The number of H-pyrrole nitrogens is 5. The quantitative estimate of drug-likeness (QED) is 0.0293. The second-order valence-corrected chi connectivity index (χ2v) is 61.6. The summed E-state index contributed by atoms with van der Waals surface area (Å²) < 4.78 is 34.6. The van der Waals surface area contributed by atoms with Crippen LogP contribution in [-0.2, 0) is 131 Å². The van der Waals surface area contributed by atoms with Crippen LogP contribution in [0, 0.1) is 0 Å². The summed E-state index contributed by atoms with van der Waals surface area (Å²) in [5.41, 5.74) is 33.7. The third kappa shape index (κ3) is 19.7. The summed E-state index contributed by atoms with van der Waals surface area (Å²) in [6, 6.07) is 21.8. The van der Waals surface area contributed by atoms with Crippen LogP contribution in [0.5, 0.6) is 0 Å². The van der Waals surface area contributed by atoms with Crippen LogP contribution in [0.25, 0.3) is 89.2 Å². The average molecular weight is 1860 g/mol. The zero-order valence-electron chi connectivity index (χ0n) is 83.2. The molecule has 10 aliphatic rings. The Morgan fingerprint density at radius 1 is 0.444 bits per heavy atom. The first kappa shape index (κ1) is 96.0.